The molecule has 1 aliphatic heterocycles. The number of ether oxygens (including phenoxy) is 1. The number of nitrogens with two attached hydrogens (primary N) is 1. The van der Waals surface area contributed by atoms with Gasteiger partial charge >= 0.3 is 0 Å². The minimum atomic E-state index is -0.370. The van der Waals surface area contributed by atoms with E-state index < -0.39 is 0 Å². The molecule has 1 fully saturated rings. The molecule has 0 saturated carbocycles. The fourth-order valence-corrected chi connectivity index (χ4v) is 2.28. The molecule has 3 N–H and O–H groups in total. The average molecular weight is 293 g/mol. The van der Waals surface area contributed by atoms with E-state index in [1.54, 1.807) is 0 Å². The molecule has 4 nitrogen and oxygen atoms in total. The van der Waals surface area contributed by atoms with E-state index in [4.69, 9.17) is 10.5 Å². The fraction of sp³-hybridized carbons (Fsp3) is 0.929. The number of rotatable bonds is 4. The third kappa shape index (κ3) is 6.11. The smallest absolute Gasteiger partial charge is 0.237 e. The first kappa shape index (κ1) is 18.7. The molecule has 3 unspecified atom stereocenters. The van der Waals surface area contributed by atoms with Gasteiger partial charge in [-0.25, -0.2) is 0 Å². The van der Waals surface area contributed by atoms with Gasteiger partial charge in [0.25, 0.3) is 0 Å². The lowest BCUT2D eigenvalue weighted by molar-refractivity contribution is -0.125. The van der Waals surface area contributed by atoms with E-state index >= 15 is 0 Å². The van der Waals surface area contributed by atoms with Crippen molar-refractivity contribution in [2.45, 2.75) is 71.6 Å². The van der Waals surface area contributed by atoms with Crippen molar-refractivity contribution < 1.29 is 9.53 Å². The predicted molar refractivity (Wildman–Crippen MR) is 80.5 cm³/mol. The number of carbonyl (C=O) groups excluding carboxylic acids is 1. The van der Waals surface area contributed by atoms with Crippen LogP contribution in [0.5, 0.6) is 0 Å². The summed E-state index contributed by atoms with van der Waals surface area (Å²) in [7, 11) is 0. The van der Waals surface area contributed by atoms with Gasteiger partial charge in [0.1, 0.15) is 0 Å². The Hall–Kier alpha value is -0.320. The highest BCUT2D eigenvalue weighted by molar-refractivity contribution is 5.85. The molecular formula is C14H29ClN2O2. The maximum Gasteiger partial charge on any atom is 0.237 e. The first-order valence-electron chi connectivity index (χ1n) is 7.02. The Balaban J connectivity index is 0.00000324. The van der Waals surface area contributed by atoms with Crippen molar-refractivity contribution in [1.29, 1.82) is 0 Å². The molecule has 0 aromatic carbocycles. The summed E-state index contributed by atoms with van der Waals surface area (Å²) in [5.74, 6) is -0.0172. The third-order valence-electron chi connectivity index (χ3n) is 3.53. The largest absolute Gasteiger partial charge is 0.378 e. The first-order chi connectivity index (χ1) is 8.34. The van der Waals surface area contributed by atoms with Gasteiger partial charge in [0.2, 0.25) is 5.91 Å². The molecule has 0 radical (unpaired) electrons. The fourth-order valence-electron chi connectivity index (χ4n) is 2.28. The molecule has 0 aromatic heterocycles. The van der Waals surface area contributed by atoms with E-state index in [-0.39, 0.29) is 41.9 Å². The van der Waals surface area contributed by atoms with Crippen LogP contribution in [-0.4, -0.2) is 30.7 Å². The minimum absolute atomic E-state index is 0. The van der Waals surface area contributed by atoms with Crippen molar-refractivity contribution in [3.8, 4) is 0 Å². The molecule has 0 aromatic rings. The third-order valence-corrected chi connectivity index (χ3v) is 3.53. The lowest BCUT2D eigenvalue weighted by atomic mass is 9.83. The van der Waals surface area contributed by atoms with Crippen molar-refractivity contribution in [2.75, 3.05) is 6.61 Å². The molecule has 19 heavy (non-hydrogen) atoms. The number of hydrogen-bond donors (Lipinski definition) is 2. The summed E-state index contributed by atoms with van der Waals surface area (Å²) in [4.78, 5) is 11.9. The van der Waals surface area contributed by atoms with Crippen LogP contribution >= 0.6 is 12.4 Å². The normalized spacial score (nSPS) is 25.3. The summed E-state index contributed by atoms with van der Waals surface area (Å²) in [5.41, 5.74) is 5.94. The number of nitrogens with one attached hydrogen (secondary N) is 1. The van der Waals surface area contributed by atoms with Gasteiger partial charge in [0.05, 0.1) is 12.1 Å². The van der Waals surface area contributed by atoms with Crippen LogP contribution in [0.15, 0.2) is 0 Å². The standard InChI is InChI=1S/C14H28N2O2.ClH/c1-5-6-11(15)13(17)16-10-7-8-18-12(9-10)14(2,3)4;/h10-12H,5-9,15H2,1-4H3,(H,16,17);1H. The average Bonchev–Trinajstić information content (AvgIpc) is 2.28. The van der Waals surface area contributed by atoms with Gasteiger partial charge < -0.3 is 15.8 Å². The van der Waals surface area contributed by atoms with Crippen LogP contribution in [0.3, 0.4) is 0 Å². The lowest BCUT2D eigenvalue weighted by Gasteiger charge is -2.38. The zero-order valence-corrected chi connectivity index (χ0v) is 13.4. The Labute approximate surface area is 123 Å². The van der Waals surface area contributed by atoms with Crippen molar-refractivity contribution in [1.82, 2.24) is 5.32 Å². The first-order valence-corrected chi connectivity index (χ1v) is 7.02. The van der Waals surface area contributed by atoms with E-state index in [1.165, 1.54) is 0 Å². The van der Waals surface area contributed by atoms with Gasteiger partial charge in [-0.3, -0.25) is 4.79 Å². The van der Waals surface area contributed by atoms with Gasteiger partial charge in [-0.15, -0.1) is 12.4 Å². The van der Waals surface area contributed by atoms with Crippen molar-refractivity contribution in [2.24, 2.45) is 11.1 Å². The van der Waals surface area contributed by atoms with Gasteiger partial charge in [-0.2, -0.15) is 0 Å². The maximum atomic E-state index is 11.9. The van der Waals surface area contributed by atoms with Crippen molar-refractivity contribution >= 4 is 18.3 Å². The molecule has 1 aliphatic rings. The van der Waals surface area contributed by atoms with Gasteiger partial charge in [0, 0.05) is 12.6 Å². The van der Waals surface area contributed by atoms with E-state index in [2.05, 4.69) is 26.1 Å². The SMILES string of the molecule is CCCC(N)C(=O)NC1CCOC(C(C)(C)C)C1.Cl. The topological polar surface area (TPSA) is 64.4 Å². The van der Waals surface area contributed by atoms with Crippen molar-refractivity contribution in [3.63, 3.8) is 0 Å². The molecule has 0 spiro atoms. The van der Waals surface area contributed by atoms with Crippen LogP contribution in [0.4, 0.5) is 0 Å². The zero-order valence-electron chi connectivity index (χ0n) is 12.6. The Morgan fingerprint density at radius 3 is 2.63 bits per heavy atom. The second-order valence-electron chi connectivity index (χ2n) is 6.35. The highest BCUT2D eigenvalue weighted by atomic mass is 35.5. The number of carbonyl (C=O) groups is 1. The van der Waals surface area contributed by atoms with Crippen LogP contribution in [-0.2, 0) is 9.53 Å². The summed E-state index contributed by atoms with van der Waals surface area (Å²) in [6, 6.07) is -0.163. The van der Waals surface area contributed by atoms with E-state index in [1.807, 2.05) is 6.92 Å². The van der Waals surface area contributed by atoms with Crippen LogP contribution < -0.4 is 11.1 Å². The summed E-state index contributed by atoms with van der Waals surface area (Å²) < 4.78 is 5.78. The maximum absolute atomic E-state index is 11.9. The van der Waals surface area contributed by atoms with Crippen LogP contribution in [0, 0.1) is 5.41 Å². The number of halogens is 1. The molecule has 1 rings (SSSR count). The number of hydrogen-bond acceptors (Lipinski definition) is 3. The summed E-state index contributed by atoms with van der Waals surface area (Å²) >= 11 is 0. The van der Waals surface area contributed by atoms with Gasteiger partial charge in [-0.1, -0.05) is 34.1 Å². The lowest BCUT2D eigenvalue weighted by Crippen LogP contribution is -2.50. The van der Waals surface area contributed by atoms with Gasteiger partial charge in [-0.05, 0) is 24.7 Å². The molecule has 114 valence electrons. The quantitative estimate of drug-likeness (QED) is 0.835. The second kappa shape index (κ2) is 8.08. The zero-order chi connectivity index (χ0) is 13.8. The summed E-state index contributed by atoms with van der Waals surface area (Å²) in [6.07, 6.45) is 3.66. The van der Waals surface area contributed by atoms with Crippen LogP contribution in [0.1, 0.15) is 53.4 Å². The molecule has 0 aliphatic carbocycles. The summed E-state index contributed by atoms with van der Waals surface area (Å²) in [5, 5.41) is 3.06. The van der Waals surface area contributed by atoms with Gasteiger partial charge in [0.15, 0.2) is 0 Å². The van der Waals surface area contributed by atoms with E-state index in [0.717, 1.165) is 32.3 Å². The monoisotopic (exact) mass is 292 g/mol. The number of amides is 1. The van der Waals surface area contributed by atoms with Crippen LogP contribution in [0.2, 0.25) is 0 Å². The highest BCUT2D eigenvalue weighted by Crippen LogP contribution is 2.29. The van der Waals surface area contributed by atoms with E-state index in [9.17, 15) is 4.79 Å². The molecule has 1 amide bonds. The molecule has 0 bridgehead atoms. The Bertz CT molecular complexity index is 279. The molecule has 5 heteroatoms. The van der Waals surface area contributed by atoms with Crippen LogP contribution in [0.25, 0.3) is 0 Å². The summed E-state index contributed by atoms with van der Waals surface area (Å²) in [6.45, 7) is 9.27. The second-order valence-corrected chi connectivity index (χ2v) is 6.35. The van der Waals surface area contributed by atoms with Crippen molar-refractivity contribution in [3.05, 3.63) is 0 Å². The Kier molecular flexibility index (Phi) is 7.94. The minimum Gasteiger partial charge on any atom is -0.378 e. The van der Waals surface area contributed by atoms with E-state index in [0.29, 0.717) is 0 Å². The predicted octanol–water partition coefficient (Wildman–Crippen LogP) is 2.25. The molecule has 1 saturated heterocycles. The Morgan fingerprint density at radius 1 is 1.47 bits per heavy atom. The highest BCUT2D eigenvalue weighted by Gasteiger charge is 2.32. The Morgan fingerprint density at radius 2 is 2.11 bits per heavy atom. The molecule has 3 atom stereocenters. The molecular weight excluding hydrogens is 264 g/mol. The molecule has 1 heterocycles.